The number of aryl methyl sites for hydroxylation is 2. The van der Waals surface area contributed by atoms with E-state index in [0.717, 1.165) is 43.7 Å². The van der Waals surface area contributed by atoms with Crippen LogP contribution >= 0.6 is 11.3 Å². The van der Waals surface area contributed by atoms with Crippen LogP contribution in [0.5, 0.6) is 0 Å². The minimum absolute atomic E-state index is 0.00506. The Kier molecular flexibility index (Phi) is 12.2. The molecule has 0 radical (unpaired) electrons. The molecule has 1 aromatic carbocycles. The summed E-state index contributed by atoms with van der Waals surface area (Å²) in [6.07, 6.45) is 3.46. The number of benzene rings is 1. The number of carboxylic acids is 1. The maximum absolute atomic E-state index is 12.7. The number of halogens is 3. The Morgan fingerprint density at radius 3 is 2.49 bits per heavy atom. The Morgan fingerprint density at radius 1 is 1.22 bits per heavy atom. The smallest absolute Gasteiger partial charge is 0.475 e. The zero-order chi connectivity index (χ0) is 27.3. The molecule has 0 spiro atoms. The lowest BCUT2D eigenvalue weighted by molar-refractivity contribution is -0.192. The van der Waals surface area contributed by atoms with Crippen LogP contribution in [0.1, 0.15) is 43.2 Å². The number of nitrogens with zero attached hydrogens (tertiary/aromatic N) is 2. The summed E-state index contributed by atoms with van der Waals surface area (Å²) in [5, 5.41) is 25.6. The molecule has 1 aromatic heterocycles. The summed E-state index contributed by atoms with van der Waals surface area (Å²) in [6, 6.07) is 9.74. The van der Waals surface area contributed by atoms with Crippen LogP contribution in [0.2, 0.25) is 0 Å². The number of hydrogen-bond donors (Lipinski definition) is 4. The van der Waals surface area contributed by atoms with Crippen molar-refractivity contribution < 1.29 is 32.7 Å². The predicted octanol–water partition coefficient (Wildman–Crippen LogP) is 3.49. The van der Waals surface area contributed by atoms with E-state index < -0.39 is 12.1 Å². The third-order valence-corrected chi connectivity index (χ3v) is 6.25. The van der Waals surface area contributed by atoms with E-state index in [1.807, 2.05) is 25.1 Å². The molecule has 4 N–H and O–H groups in total. The van der Waals surface area contributed by atoms with Crippen LogP contribution in [-0.2, 0) is 27.2 Å². The summed E-state index contributed by atoms with van der Waals surface area (Å²) in [4.78, 5) is 33.9. The predicted molar refractivity (Wildman–Crippen MR) is 133 cm³/mol. The lowest BCUT2D eigenvalue weighted by Crippen LogP contribution is -2.49. The van der Waals surface area contributed by atoms with Gasteiger partial charge < -0.3 is 15.7 Å². The first-order valence-corrected chi connectivity index (χ1v) is 12.6. The third kappa shape index (κ3) is 11.5. The first-order chi connectivity index (χ1) is 17.6. The Bertz CT molecular complexity index is 1040. The topological polar surface area (TPSA) is 133 Å². The molecule has 2 heterocycles. The van der Waals surface area contributed by atoms with E-state index >= 15 is 0 Å². The summed E-state index contributed by atoms with van der Waals surface area (Å²) in [5.74, 6) is -3.04. The van der Waals surface area contributed by atoms with Gasteiger partial charge in [-0.15, -0.1) is 10.2 Å². The zero-order valence-corrected chi connectivity index (χ0v) is 21.1. The number of aromatic nitrogens is 2. The number of nitrogens with one attached hydrogen (secondary N) is 3. The van der Waals surface area contributed by atoms with E-state index in [1.54, 1.807) is 6.08 Å². The molecule has 2 aromatic rings. The highest BCUT2D eigenvalue weighted by atomic mass is 32.1. The van der Waals surface area contributed by atoms with E-state index in [2.05, 4.69) is 38.3 Å². The maximum atomic E-state index is 12.7. The van der Waals surface area contributed by atoms with Crippen LogP contribution in [0.25, 0.3) is 0 Å². The molecule has 1 saturated heterocycles. The van der Waals surface area contributed by atoms with Crippen LogP contribution in [0.3, 0.4) is 0 Å². The number of carbonyl (C=O) groups excluding carboxylic acids is 2. The molecule has 3 rings (SSSR count). The van der Waals surface area contributed by atoms with Gasteiger partial charge in [0.25, 0.3) is 0 Å². The largest absolute Gasteiger partial charge is 0.490 e. The molecule has 37 heavy (non-hydrogen) atoms. The molecular formula is C24H30F3N5O4S. The Labute approximate surface area is 216 Å². The normalized spacial score (nSPS) is 16.4. The van der Waals surface area contributed by atoms with Crippen molar-refractivity contribution in [3.05, 3.63) is 53.1 Å². The van der Waals surface area contributed by atoms with Crippen molar-refractivity contribution in [3.63, 3.8) is 0 Å². The van der Waals surface area contributed by atoms with Crippen LogP contribution < -0.4 is 16.0 Å². The van der Waals surface area contributed by atoms with E-state index in [-0.39, 0.29) is 23.9 Å². The molecule has 202 valence electrons. The highest BCUT2D eigenvalue weighted by Gasteiger charge is 2.38. The molecule has 1 aliphatic rings. The number of piperidine rings is 1. The quantitative estimate of drug-likeness (QED) is 0.357. The van der Waals surface area contributed by atoms with Crippen LogP contribution in [0.4, 0.5) is 18.3 Å². The first-order valence-electron chi connectivity index (χ1n) is 11.8. The van der Waals surface area contributed by atoms with E-state index in [9.17, 15) is 22.8 Å². The van der Waals surface area contributed by atoms with Gasteiger partial charge in [-0.3, -0.25) is 14.9 Å². The van der Waals surface area contributed by atoms with Gasteiger partial charge >= 0.3 is 12.1 Å². The van der Waals surface area contributed by atoms with Crippen molar-refractivity contribution in [1.82, 2.24) is 20.8 Å². The van der Waals surface area contributed by atoms with Gasteiger partial charge in [-0.25, -0.2) is 4.79 Å². The average molecular weight is 542 g/mol. The van der Waals surface area contributed by atoms with Gasteiger partial charge in [0, 0.05) is 12.1 Å². The Morgan fingerprint density at radius 2 is 1.92 bits per heavy atom. The SMILES string of the molecule is CCc1nnc(NC(=O)C=C[C@H](CCc2ccccc2)NC(=O)[C@@H]2CCCCN2)s1.O=C(O)C(F)(F)F. The number of carboxylic acid groups (broad SMARTS) is 1. The van der Waals surface area contributed by atoms with Crippen LogP contribution in [-0.4, -0.2) is 57.9 Å². The van der Waals surface area contributed by atoms with Gasteiger partial charge in [0.05, 0.1) is 6.04 Å². The minimum Gasteiger partial charge on any atom is -0.475 e. The van der Waals surface area contributed by atoms with Crippen LogP contribution in [0.15, 0.2) is 42.5 Å². The second-order valence-electron chi connectivity index (χ2n) is 8.15. The molecule has 0 bridgehead atoms. The van der Waals surface area contributed by atoms with Gasteiger partial charge in [-0.1, -0.05) is 61.1 Å². The summed E-state index contributed by atoms with van der Waals surface area (Å²) < 4.78 is 31.7. The molecule has 2 amide bonds. The third-order valence-electron chi connectivity index (χ3n) is 5.26. The summed E-state index contributed by atoms with van der Waals surface area (Å²) in [6.45, 7) is 2.86. The summed E-state index contributed by atoms with van der Waals surface area (Å²) >= 11 is 1.37. The molecule has 1 aliphatic heterocycles. The van der Waals surface area contributed by atoms with Crippen molar-refractivity contribution in [2.45, 2.75) is 63.7 Å². The van der Waals surface area contributed by atoms with Crippen molar-refractivity contribution in [3.8, 4) is 0 Å². The number of alkyl halides is 3. The molecule has 13 heteroatoms. The number of anilines is 1. The highest BCUT2D eigenvalue weighted by Crippen LogP contribution is 2.16. The van der Waals surface area contributed by atoms with Crippen molar-refractivity contribution in [2.75, 3.05) is 11.9 Å². The summed E-state index contributed by atoms with van der Waals surface area (Å²) in [7, 11) is 0. The van der Waals surface area contributed by atoms with E-state index in [4.69, 9.17) is 9.90 Å². The van der Waals surface area contributed by atoms with Crippen LogP contribution in [0, 0.1) is 0 Å². The maximum Gasteiger partial charge on any atom is 0.490 e. The monoisotopic (exact) mass is 541 g/mol. The van der Waals surface area contributed by atoms with E-state index in [1.165, 1.54) is 23.0 Å². The standard InChI is InChI=1S/C22H29N5O2S.C2HF3O2/c1-2-20-26-27-22(30-20)25-19(28)14-13-17(12-11-16-8-4-3-5-9-16)24-21(29)18-10-6-7-15-23-18;3-2(4,5)1(6)7/h3-5,8-9,13-14,17-18,23H,2,6-7,10-12,15H2,1H3,(H,24,29)(H,25,27,28);(H,6,7)/t17-,18-;/m0./s1. The van der Waals surface area contributed by atoms with Crippen molar-refractivity contribution in [2.24, 2.45) is 0 Å². The molecule has 0 saturated carbocycles. The number of amides is 2. The minimum atomic E-state index is -5.08. The molecule has 9 nitrogen and oxygen atoms in total. The molecule has 0 aliphatic carbocycles. The van der Waals surface area contributed by atoms with Gasteiger partial charge in [0.15, 0.2) is 0 Å². The lowest BCUT2D eigenvalue weighted by Gasteiger charge is -2.25. The van der Waals surface area contributed by atoms with Gasteiger partial charge in [-0.2, -0.15) is 13.2 Å². The number of rotatable bonds is 9. The second kappa shape index (κ2) is 15.1. The number of aliphatic carboxylic acids is 1. The fourth-order valence-corrected chi connectivity index (χ4v) is 4.02. The van der Waals surface area contributed by atoms with Gasteiger partial charge in [0.1, 0.15) is 5.01 Å². The Hall–Kier alpha value is -3.32. The fourth-order valence-electron chi connectivity index (χ4n) is 3.34. The second-order valence-corrected chi connectivity index (χ2v) is 9.21. The molecule has 2 atom stereocenters. The Balaban J connectivity index is 0.000000604. The molecule has 0 unspecified atom stereocenters. The highest BCUT2D eigenvalue weighted by molar-refractivity contribution is 7.15. The molecule has 1 fully saturated rings. The van der Waals surface area contributed by atoms with Crippen molar-refractivity contribution >= 4 is 34.3 Å². The first kappa shape index (κ1) is 29.9. The van der Waals surface area contributed by atoms with E-state index in [0.29, 0.717) is 11.6 Å². The average Bonchev–Trinajstić information content (AvgIpc) is 3.34. The van der Waals surface area contributed by atoms with Gasteiger partial charge in [-0.05, 0) is 44.2 Å². The van der Waals surface area contributed by atoms with Crippen molar-refractivity contribution in [1.29, 1.82) is 0 Å². The zero-order valence-electron chi connectivity index (χ0n) is 20.3. The fraction of sp³-hybridized carbons (Fsp3) is 0.458. The molecular weight excluding hydrogens is 511 g/mol. The lowest BCUT2D eigenvalue weighted by atomic mass is 10.0. The number of carbonyl (C=O) groups is 3. The van der Waals surface area contributed by atoms with Gasteiger partial charge in [0.2, 0.25) is 16.9 Å². The number of hydrogen-bond acceptors (Lipinski definition) is 7. The summed E-state index contributed by atoms with van der Waals surface area (Å²) in [5.41, 5.74) is 1.20.